The Morgan fingerprint density at radius 3 is 2.89 bits per heavy atom. The van der Waals surface area contributed by atoms with E-state index >= 15 is 0 Å². The number of nitro benzene ring substituents is 1. The molecular weight excluding hydrogens is 234 g/mol. The molecule has 0 aliphatic carbocycles. The molecule has 0 heterocycles. The third kappa shape index (κ3) is 3.71. The largest absolute Gasteiger partial charge is 0.490 e. The number of aryl methyl sites for hydroxylation is 1. The molecule has 0 radical (unpaired) electrons. The van der Waals surface area contributed by atoms with Crippen LogP contribution >= 0.6 is 0 Å². The lowest BCUT2D eigenvalue weighted by molar-refractivity contribution is -0.384. The van der Waals surface area contributed by atoms with Crippen molar-refractivity contribution in [3.8, 4) is 11.8 Å². The lowest BCUT2D eigenvalue weighted by Crippen LogP contribution is -2.33. The molecule has 1 aromatic rings. The fourth-order valence-electron chi connectivity index (χ4n) is 1.42. The first kappa shape index (κ1) is 13.9. The smallest absolute Gasteiger partial charge is 0.273 e. The summed E-state index contributed by atoms with van der Waals surface area (Å²) in [6.07, 6.45) is 0. The topological polar surface area (TPSA) is 88.2 Å². The molecule has 6 heteroatoms. The van der Waals surface area contributed by atoms with Crippen LogP contribution in [0.25, 0.3) is 0 Å². The van der Waals surface area contributed by atoms with E-state index in [0.29, 0.717) is 12.3 Å². The van der Waals surface area contributed by atoms with Gasteiger partial charge in [-0.05, 0) is 25.1 Å². The van der Waals surface area contributed by atoms with Gasteiger partial charge in [0, 0.05) is 6.07 Å². The predicted molar refractivity (Wildman–Crippen MR) is 66.4 cm³/mol. The Morgan fingerprint density at radius 2 is 2.33 bits per heavy atom. The average molecular weight is 249 g/mol. The molecule has 0 bridgehead atoms. The normalized spacial score (nSPS) is 11.6. The maximum Gasteiger partial charge on any atom is 0.273 e. The number of hydrogen-bond acceptors (Lipinski definition) is 5. The molecule has 1 atom stereocenters. The van der Waals surface area contributed by atoms with E-state index < -0.39 is 11.0 Å². The summed E-state index contributed by atoms with van der Waals surface area (Å²) in [6.45, 7) is 4.51. The van der Waals surface area contributed by atoms with Crippen molar-refractivity contribution >= 4 is 5.69 Å². The molecule has 6 nitrogen and oxygen atoms in total. The summed E-state index contributed by atoms with van der Waals surface area (Å²) in [5.74, 6) is 0.433. The van der Waals surface area contributed by atoms with Crippen LogP contribution in [0, 0.1) is 28.4 Å². The Labute approximate surface area is 105 Å². The first-order chi connectivity index (χ1) is 8.58. The van der Waals surface area contributed by atoms with Crippen LogP contribution in [-0.4, -0.2) is 24.1 Å². The lowest BCUT2D eigenvalue weighted by Gasteiger charge is -2.13. The van der Waals surface area contributed by atoms with Gasteiger partial charge in [-0.1, -0.05) is 6.92 Å². The van der Waals surface area contributed by atoms with E-state index in [2.05, 4.69) is 11.4 Å². The van der Waals surface area contributed by atoms with Gasteiger partial charge in [0.2, 0.25) is 0 Å². The number of nitro groups is 1. The Morgan fingerprint density at radius 1 is 1.61 bits per heavy atom. The van der Waals surface area contributed by atoms with Gasteiger partial charge in [-0.15, -0.1) is 0 Å². The molecule has 1 N–H and O–H groups in total. The minimum absolute atomic E-state index is 0.0208. The second kappa shape index (κ2) is 6.57. The van der Waals surface area contributed by atoms with E-state index in [9.17, 15) is 10.1 Å². The van der Waals surface area contributed by atoms with Gasteiger partial charge in [0.25, 0.3) is 5.69 Å². The maximum absolute atomic E-state index is 10.6. The van der Waals surface area contributed by atoms with E-state index in [-0.39, 0.29) is 12.3 Å². The number of non-ortho nitro benzene ring substituents is 1. The number of benzene rings is 1. The fourth-order valence-corrected chi connectivity index (χ4v) is 1.42. The minimum atomic E-state index is -0.474. The summed E-state index contributed by atoms with van der Waals surface area (Å²) < 4.78 is 5.44. The molecular formula is C12H15N3O3. The summed E-state index contributed by atoms with van der Waals surface area (Å²) in [5.41, 5.74) is 0.779. The predicted octanol–water partition coefficient (Wildman–Crippen LogP) is 1.78. The van der Waals surface area contributed by atoms with Crippen molar-refractivity contribution in [3.63, 3.8) is 0 Å². The van der Waals surface area contributed by atoms with Crippen molar-refractivity contribution in [3.05, 3.63) is 33.9 Å². The quantitative estimate of drug-likeness (QED) is 0.613. The number of rotatable bonds is 6. The van der Waals surface area contributed by atoms with Gasteiger partial charge in [0.15, 0.2) is 0 Å². The molecule has 0 aliphatic rings. The zero-order valence-electron chi connectivity index (χ0n) is 10.3. The van der Waals surface area contributed by atoms with E-state index in [0.717, 1.165) is 5.56 Å². The fraction of sp³-hybridized carbons (Fsp3) is 0.417. The van der Waals surface area contributed by atoms with Crippen molar-refractivity contribution in [2.24, 2.45) is 0 Å². The molecule has 0 saturated carbocycles. The highest BCUT2D eigenvalue weighted by Gasteiger charge is 2.12. The van der Waals surface area contributed by atoms with E-state index in [1.807, 2.05) is 6.92 Å². The second-order valence-corrected chi connectivity index (χ2v) is 3.76. The molecule has 96 valence electrons. The molecule has 0 amide bonds. The number of nitrogens with zero attached hydrogens (tertiary/aromatic N) is 2. The van der Waals surface area contributed by atoms with Gasteiger partial charge in [-0.2, -0.15) is 5.26 Å². The molecule has 0 spiro atoms. The zero-order chi connectivity index (χ0) is 13.5. The number of likely N-dealkylation sites (N-methyl/N-ethyl adjacent to an activating group) is 1. The van der Waals surface area contributed by atoms with Crippen LogP contribution in [0.1, 0.15) is 12.5 Å². The summed E-state index contributed by atoms with van der Waals surface area (Å²) >= 11 is 0. The lowest BCUT2D eigenvalue weighted by atomic mass is 10.2. The Hall–Kier alpha value is -2.13. The SMILES string of the molecule is CCNC(C#N)COc1cc([N+](=O)[O-])ccc1C. The van der Waals surface area contributed by atoms with Gasteiger partial charge < -0.3 is 4.74 Å². The zero-order valence-corrected chi connectivity index (χ0v) is 10.3. The van der Waals surface area contributed by atoms with Crippen LogP contribution in [-0.2, 0) is 0 Å². The molecule has 1 rings (SSSR count). The standard InChI is InChI=1S/C12H15N3O3/c1-3-14-10(7-13)8-18-12-6-11(15(16)17)5-4-9(12)2/h4-6,10,14H,3,8H2,1-2H3. The van der Waals surface area contributed by atoms with E-state index in [1.165, 1.54) is 12.1 Å². The van der Waals surface area contributed by atoms with Crippen molar-refractivity contribution < 1.29 is 9.66 Å². The summed E-state index contributed by atoms with van der Waals surface area (Å²) in [5, 5.41) is 22.4. The van der Waals surface area contributed by atoms with Crippen LogP contribution in [0.5, 0.6) is 5.75 Å². The van der Waals surface area contributed by atoms with E-state index in [1.54, 1.807) is 13.0 Å². The number of ether oxygens (including phenoxy) is 1. The highest BCUT2D eigenvalue weighted by atomic mass is 16.6. The average Bonchev–Trinajstić information content (AvgIpc) is 2.35. The molecule has 0 saturated heterocycles. The van der Waals surface area contributed by atoms with Crippen LogP contribution in [0.2, 0.25) is 0 Å². The Balaban J connectivity index is 2.75. The number of nitriles is 1. The third-order valence-corrected chi connectivity index (χ3v) is 2.39. The summed E-state index contributed by atoms with van der Waals surface area (Å²) in [4.78, 5) is 10.2. The molecule has 0 aromatic heterocycles. The van der Waals surface area contributed by atoms with Crippen LogP contribution in [0.3, 0.4) is 0 Å². The second-order valence-electron chi connectivity index (χ2n) is 3.76. The van der Waals surface area contributed by atoms with Crippen molar-refractivity contribution in [1.29, 1.82) is 5.26 Å². The molecule has 18 heavy (non-hydrogen) atoms. The maximum atomic E-state index is 10.6. The van der Waals surface area contributed by atoms with Gasteiger partial charge in [0.05, 0.1) is 17.1 Å². The molecule has 1 aromatic carbocycles. The van der Waals surface area contributed by atoms with Crippen molar-refractivity contribution in [2.75, 3.05) is 13.2 Å². The van der Waals surface area contributed by atoms with Crippen molar-refractivity contribution in [1.82, 2.24) is 5.32 Å². The number of hydrogen-bond donors (Lipinski definition) is 1. The molecule has 1 unspecified atom stereocenters. The van der Waals surface area contributed by atoms with Gasteiger partial charge in [-0.3, -0.25) is 15.4 Å². The monoisotopic (exact) mass is 249 g/mol. The van der Waals surface area contributed by atoms with Crippen LogP contribution < -0.4 is 10.1 Å². The van der Waals surface area contributed by atoms with Crippen molar-refractivity contribution in [2.45, 2.75) is 19.9 Å². The Kier molecular flexibility index (Phi) is 5.08. The Bertz CT molecular complexity index is 468. The summed E-state index contributed by atoms with van der Waals surface area (Å²) in [7, 11) is 0. The molecule has 0 aliphatic heterocycles. The first-order valence-electron chi connectivity index (χ1n) is 5.59. The number of nitrogens with one attached hydrogen (secondary N) is 1. The first-order valence-corrected chi connectivity index (χ1v) is 5.59. The van der Waals surface area contributed by atoms with Gasteiger partial charge in [0.1, 0.15) is 18.4 Å². The highest BCUT2D eigenvalue weighted by Crippen LogP contribution is 2.24. The molecule has 0 fully saturated rings. The minimum Gasteiger partial charge on any atom is -0.490 e. The summed E-state index contributed by atoms with van der Waals surface area (Å²) in [6, 6.07) is 6.06. The van der Waals surface area contributed by atoms with Gasteiger partial charge in [-0.25, -0.2) is 0 Å². The highest BCUT2D eigenvalue weighted by molar-refractivity contribution is 5.43. The van der Waals surface area contributed by atoms with Crippen LogP contribution in [0.4, 0.5) is 5.69 Å². The van der Waals surface area contributed by atoms with Gasteiger partial charge >= 0.3 is 0 Å². The van der Waals surface area contributed by atoms with Crippen LogP contribution in [0.15, 0.2) is 18.2 Å². The van der Waals surface area contributed by atoms with E-state index in [4.69, 9.17) is 10.00 Å². The third-order valence-electron chi connectivity index (χ3n) is 2.39.